The number of para-hydroxylation sites is 1. The van der Waals surface area contributed by atoms with Gasteiger partial charge in [-0.3, -0.25) is 4.79 Å². The summed E-state index contributed by atoms with van der Waals surface area (Å²) in [6.07, 6.45) is 8.87. The summed E-state index contributed by atoms with van der Waals surface area (Å²) in [7, 11) is 0. The lowest BCUT2D eigenvalue weighted by Gasteiger charge is -2.22. The number of hydrogen-bond acceptors (Lipinski definition) is 2. The Labute approximate surface area is 175 Å². The number of nitrogens with zero attached hydrogens (tertiary/aromatic N) is 2. The van der Waals surface area contributed by atoms with Crippen molar-refractivity contribution in [1.29, 1.82) is 5.26 Å². The Hall–Kier alpha value is -3.39. The predicted molar refractivity (Wildman–Crippen MR) is 116 cm³/mol. The van der Waals surface area contributed by atoms with E-state index in [0.717, 1.165) is 42.1 Å². The topological polar surface area (TPSA) is 57.8 Å². The highest BCUT2D eigenvalue weighted by Gasteiger charge is 2.19. The molecule has 152 valence electrons. The number of aromatic nitrogens is 1. The standard InChI is InChI=1S/C25H24FN3O/c26-23-12-6-4-8-18(23)16-29-17-20(22-11-5-7-13-24(22)29)14-19(15-27)25(30)28-21-9-2-1-3-10-21/h4-8,11-14,17,21H,1-3,9-10,16H2,(H,28,30)/b19-14+. The summed E-state index contributed by atoms with van der Waals surface area (Å²) in [6, 6.07) is 16.6. The second-order valence-electron chi connectivity index (χ2n) is 7.80. The number of hydrogen-bond donors (Lipinski definition) is 1. The minimum absolute atomic E-state index is 0.0920. The first-order valence-electron chi connectivity index (χ1n) is 10.4. The van der Waals surface area contributed by atoms with Gasteiger partial charge in [0.2, 0.25) is 0 Å². The van der Waals surface area contributed by atoms with Gasteiger partial charge in [0.1, 0.15) is 17.5 Å². The molecule has 2 aromatic carbocycles. The molecule has 4 rings (SSSR count). The number of carbonyl (C=O) groups excluding carboxylic acids is 1. The van der Waals surface area contributed by atoms with Crippen LogP contribution in [0.3, 0.4) is 0 Å². The monoisotopic (exact) mass is 401 g/mol. The number of amides is 1. The molecule has 5 heteroatoms. The van der Waals surface area contributed by atoms with Crippen LogP contribution in [0.25, 0.3) is 17.0 Å². The smallest absolute Gasteiger partial charge is 0.262 e. The van der Waals surface area contributed by atoms with Gasteiger partial charge >= 0.3 is 0 Å². The van der Waals surface area contributed by atoms with E-state index < -0.39 is 0 Å². The zero-order valence-corrected chi connectivity index (χ0v) is 16.8. The molecule has 30 heavy (non-hydrogen) atoms. The highest BCUT2D eigenvalue weighted by atomic mass is 19.1. The van der Waals surface area contributed by atoms with Gasteiger partial charge in [-0.25, -0.2) is 4.39 Å². The lowest BCUT2D eigenvalue weighted by Crippen LogP contribution is -2.36. The van der Waals surface area contributed by atoms with Gasteiger partial charge in [0.05, 0.1) is 6.54 Å². The van der Waals surface area contributed by atoms with Crippen molar-refractivity contribution < 1.29 is 9.18 Å². The van der Waals surface area contributed by atoms with Crippen LogP contribution in [0.2, 0.25) is 0 Å². The lowest BCUT2D eigenvalue weighted by molar-refractivity contribution is -0.117. The van der Waals surface area contributed by atoms with Crippen LogP contribution < -0.4 is 5.32 Å². The number of benzene rings is 2. The van der Waals surface area contributed by atoms with Crippen molar-refractivity contribution in [3.05, 3.63) is 77.2 Å². The lowest BCUT2D eigenvalue weighted by atomic mass is 9.95. The minimum Gasteiger partial charge on any atom is -0.349 e. The van der Waals surface area contributed by atoms with Crippen LogP contribution >= 0.6 is 0 Å². The molecule has 1 aliphatic rings. The van der Waals surface area contributed by atoms with Crippen LogP contribution in [-0.2, 0) is 11.3 Å². The van der Waals surface area contributed by atoms with E-state index in [0.29, 0.717) is 12.1 Å². The van der Waals surface area contributed by atoms with Gasteiger partial charge < -0.3 is 9.88 Å². The summed E-state index contributed by atoms with van der Waals surface area (Å²) in [4.78, 5) is 12.7. The maximum absolute atomic E-state index is 14.2. The number of nitriles is 1. The molecule has 1 amide bonds. The average Bonchev–Trinajstić information content (AvgIpc) is 3.11. The van der Waals surface area contributed by atoms with Crippen LogP contribution in [0, 0.1) is 17.1 Å². The van der Waals surface area contributed by atoms with E-state index in [4.69, 9.17) is 0 Å². The molecule has 0 atom stereocenters. The second kappa shape index (κ2) is 8.96. The Morgan fingerprint density at radius 1 is 1.13 bits per heavy atom. The van der Waals surface area contributed by atoms with Crippen molar-refractivity contribution in [3.8, 4) is 6.07 Å². The summed E-state index contributed by atoms with van der Waals surface area (Å²) in [5, 5.41) is 13.5. The molecular formula is C25H24FN3O. The number of fused-ring (bicyclic) bond motifs is 1. The van der Waals surface area contributed by atoms with Gasteiger partial charge in [-0.05, 0) is 31.1 Å². The molecule has 4 nitrogen and oxygen atoms in total. The fraction of sp³-hybridized carbons (Fsp3) is 0.280. The molecule has 1 saturated carbocycles. The minimum atomic E-state index is -0.324. The Balaban J connectivity index is 1.65. The molecule has 1 N–H and O–H groups in total. The summed E-state index contributed by atoms with van der Waals surface area (Å²) in [6.45, 7) is 0.372. The van der Waals surface area contributed by atoms with Crippen LogP contribution in [0.4, 0.5) is 4.39 Å². The van der Waals surface area contributed by atoms with E-state index in [2.05, 4.69) is 11.4 Å². The van der Waals surface area contributed by atoms with Crippen LogP contribution in [0.1, 0.15) is 43.2 Å². The molecule has 1 heterocycles. The molecule has 0 bridgehead atoms. The molecule has 1 aromatic heterocycles. The Morgan fingerprint density at radius 3 is 2.63 bits per heavy atom. The molecule has 3 aromatic rings. The molecule has 0 radical (unpaired) electrons. The Morgan fingerprint density at radius 2 is 1.87 bits per heavy atom. The van der Waals surface area contributed by atoms with Gasteiger partial charge in [-0.15, -0.1) is 0 Å². The number of rotatable bonds is 5. The number of nitrogens with one attached hydrogen (secondary N) is 1. The van der Waals surface area contributed by atoms with E-state index in [1.807, 2.05) is 41.1 Å². The SMILES string of the molecule is N#C/C(=C\c1cn(Cc2ccccc2F)c2ccccc12)C(=O)NC1CCCCC1. The number of halogens is 1. The van der Waals surface area contributed by atoms with E-state index >= 15 is 0 Å². The molecule has 0 unspecified atom stereocenters. The molecular weight excluding hydrogens is 377 g/mol. The third-order valence-corrected chi connectivity index (χ3v) is 5.72. The molecule has 0 aliphatic heterocycles. The predicted octanol–water partition coefficient (Wildman–Crippen LogP) is 5.18. The van der Waals surface area contributed by atoms with Crippen molar-refractivity contribution in [2.24, 2.45) is 0 Å². The van der Waals surface area contributed by atoms with E-state index in [1.54, 1.807) is 18.2 Å². The van der Waals surface area contributed by atoms with Crippen molar-refractivity contribution in [1.82, 2.24) is 9.88 Å². The first kappa shape index (κ1) is 19.9. The molecule has 1 fully saturated rings. The normalized spacial score (nSPS) is 15.1. The van der Waals surface area contributed by atoms with E-state index in [9.17, 15) is 14.4 Å². The molecule has 0 saturated heterocycles. The van der Waals surface area contributed by atoms with Gasteiger partial charge in [0.25, 0.3) is 5.91 Å². The third kappa shape index (κ3) is 4.28. The molecule has 0 spiro atoms. The molecule has 1 aliphatic carbocycles. The van der Waals surface area contributed by atoms with Crippen molar-refractivity contribution >= 4 is 22.9 Å². The third-order valence-electron chi connectivity index (χ3n) is 5.72. The van der Waals surface area contributed by atoms with Gasteiger partial charge in [-0.1, -0.05) is 55.7 Å². The van der Waals surface area contributed by atoms with E-state index in [1.165, 1.54) is 12.5 Å². The summed E-state index contributed by atoms with van der Waals surface area (Å²) in [5.41, 5.74) is 2.38. The first-order valence-corrected chi connectivity index (χ1v) is 10.4. The van der Waals surface area contributed by atoms with Crippen LogP contribution in [0.15, 0.2) is 60.3 Å². The maximum atomic E-state index is 14.2. The largest absolute Gasteiger partial charge is 0.349 e. The second-order valence-corrected chi connectivity index (χ2v) is 7.80. The Kier molecular flexibility index (Phi) is 5.94. The fourth-order valence-corrected chi connectivity index (χ4v) is 4.15. The van der Waals surface area contributed by atoms with Crippen molar-refractivity contribution in [2.45, 2.75) is 44.7 Å². The van der Waals surface area contributed by atoms with Crippen LogP contribution in [0.5, 0.6) is 0 Å². The summed E-state index contributed by atoms with van der Waals surface area (Å²) in [5.74, 6) is -0.577. The summed E-state index contributed by atoms with van der Waals surface area (Å²) < 4.78 is 16.1. The summed E-state index contributed by atoms with van der Waals surface area (Å²) >= 11 is 0. The highest BCUT2D eigenvalue weighted by molar-refractivity contribution is 6.04. The fourth-order valence-electron chi connectivity index (χ4n) is 4.15. The average molecular weight is 401 g/mol. The highest BCUT2D eigenvalue weighted by Crippen LogP contribution is 2.25. The Bertz CT molecular complexity index is 1130. The van der Waals surface area contributed by atoms with E-state index in [-0.39, 0.29) is 23.3 Å². The number of carbonyl (C=O) groups is 1. The van der Waals surface area contributed by atoms with Gasteiger partial charge in [0, 0.05) is 34.3 Å². The van der Waals surface area contributed by atoms with Gasteiger partial charge in [-0.2, -0.15) is 5.26 Å². The zero-order valence-electron chi connectivity index (χ0n) is 16.8. The van der Waals surface area contributed by atoms with Crippen molar-refractivity contribution in [2.75, 3.05) is 0 Å². The van der Waals surface area contributed by atoms with Crippen molar-refractivity contribution in [3.63, 3.8) is 0 Å². The first-order chi connectivity index (χ1) is 14.7. The quantitative estimate of drug-likeness (QED) is 0.473. The van der Waals surface area contributed by atoms with Crippen LogP contribution in [-0.4, -0.2) is 16.5 Å². The van der Waals surface area contributed by atoms with Gasteiger partial charge in [0.15, 0.2) is 0 Å². The maximum Gasteiger partial charge on any atom is 0.262 e. The zero-order chi connectivity index (χ0) is 20.9.